The predicted octanol–water partition coefficient (Wildman–Crippen LogP) is 16.3. The molecule has 12 aromatic carbocycles. The lowest BCUT2D eigenvalue weighted by Gasteiger charge is -2.31. The fourth-order valence-electron chi connectivity index (χ4n) is 11.8. The molecule has 0 amide bonds. The van der Waals surface area contributed by atoms with Crippen molar-refractivity contribution in [1.82, 2.24) is 0 Å². The molecule has 0 heterocycles. The van der Waals surface area contributed by atoms with Gasteiger partial charge in [-0.1, -0.05) is 206 Å². The van der Waals surface area contributed by atoms with Crippen LogP contribution >= 0.6 is 0 Å². The van der Waals surface area contributed by atoms with Gasteiger partial charge in [0.25, 0.3) is 0 Å². The average molecular weight is 769 g/mol. The number of fused-ring (bicyclic) bond motifs is 19. The van der Waals surface area contributed by atoms with E-state index in [-0.39, 0.29) is 0 Å². The quantitative estimate of drug-likeness (QED) is 0.121. The highest BCUT2D eigenvalue weighted by Crippen LogP contribution is 2.63. The summed E-state index contributed by atoms with van der Waals surface area (Å²) in [5, 5.41) is 15.2. The van der Waals surface area contributed by atoms with Crippen LogP contribution in [0.3, 0.4) is 0 Å². The third-order valence-electron chi connectivity index (χ3n) is 14.2. The second-order valence-corrected chi connectivity index (χ2v) is 17.0. The Hall–Kier alpha value is -7.80. The fraction of sp³-hybridized carbons (Fsp3) is 0.0164. The lowest BCUT2D eigenvalue weighted by Crippen LogP contribution is -2.25. The molecule has 0 heteroatoms. The Bertz CT molecular complexity index is 3820. The molecule has 0 aliphatic heterocycles. The first-order valence-corrected chi connectivity index (χ1v) is 21.4. The highest BCUT2D eigenvalue weighted by molar-refractivity contribution is 6.32. The van der Waals surface area contributed by atoms with Crippen LogP contribution in [0.25, 0.3) is 109 Å². The number of hydrogen-bond donors (Lipinski definition) is 0. The molecular formula is C61H36. The van der Waals surface area contributed by atoms with E-state index in [1.807, 2.05) is 0 Å². The molecule has 0 unspecified atom stereocenters. The highest BCUT2D eigenvalue weighted by atomic mass is 14.5. The van der Waals surface area contributed by atoms with Crippen LogP contribution in [-0.2, 0) is 5.41 Å². The Morgan fingerprint density at radius 1 is 0.230 bits per heavy atom. The summed E-state index contributed by atoms with van der Waals surface area (Å²) < 4.78 is 0. The minimum atomic E-state index is -0.427. The third kappa shape index (κ3) is 4.29. The largest absolute Gasteiger partial charge is 0.0725 e. The van der Waals surface area contributed by atoms with E-state index < -0.39 is 5.41 Å². The van der Waals surface area contributed by atoms with Gasteiger partial charge in [0.2, 0.25) is 0 Å². The van der Waals surface area contributed by atoms with Crippen LogP contribution in [-0.4, -0.2) is 0 Å². The van der Waals surface area contributed by atoms with Gasteiger partial charge in [0.05, 0.1) is 5.41 Å². The minimum Gasteiger partial charge on any atom is -0.0619 e. The van der Waals surface area contributed by atoms with Crippen molar-refractivity contribution < 1.29 is 0 Å². The molecule has 0 atom stereocenters. The predicted molar refractivity (Wildman–Crippen MR) is 259 cm³/mol. The van der Waals surface area contributed by atoms with E-state index in [2.05, 4.69) is 218 Å². The fourth-order valence-corrected chi connectivity index (χ4v) is 11.8. The van der Waals surface area contributed by atoms with Gasteiger partial charge in [-0.3, -0.25) is 0 Å². The summed E-state index contributed by atoms with van der Waals surface area (Å²) in [5.74, 6) is 0. The summed E-state index contributed by atoms with van der Waals surface area (Å²) in [6.07, 6.45) is 0. The molecule has 1 spiro atoms. The van der Waals surface area contributed by atoms with Crippen molar-refractivity contribution in [2.24, 2.45) is 0 Å². The number of rotatable bonds is 2. The zero-order valence-electron chi connectivity index (χ0n) is 33.3. The smallest absolute Gasteiger partial charge is 0.0619 e. The molecule has 0 aromatic heterocycles. The van der Waals surface area contributed by atoms with Gasteiger partial charge < -0.3 is 0 Å². The van der Waals surface area contributed by atoms with E-state index in [1.54, 1.807) is 0 Å². The Kier molecular flexibility index (Phi) is 6.58. The van der Waals surface area contributed by atoms with Crippen molar-refractivity contribution in [3.05, 3.63) is 241 Å². The summed E-state index contributed by atoms with van der Waals surface area (Å²) in [7, 11) is 0. The van der Waals surface area contributed by atoms with Gasteiger partial charge in [0.1, 0.15) is 0 Å². The van der Waals surface area contributed by atoms with Crippen molar-refractivity contribution in [3.8, 4) is 44.5 Å². The average Bonchev–Trinajstić information content (AvgIpc) is 3.80. The number of benzene rings is 12. The molecule has 14 rings (SSSR count). The van der Waals surface area contributed by atoms with Gasteiger partial charge in [0, 0.05) is 0 Å². The monoisotopic (exact) mass is 768 g/mol. The molecular weight excluding hydrogens is 733 g/mol. The Balaban J connectivity index is 1.15. The van der Waals surface area contributed by atoms with Gasteiger partial charge in [-0.25, -0.2) is 0 Å². The Labute approximate surface area is 353 Å². The molecule has 280 valence electrons. The van der Waals surface area contributed by atoms with E-state index in [0.717, 1.165) is 0 Å². The first-order valence-electron chi connectivity index (χ1n) is 21.4. The van der Waals surface area contributed by atoms with Crippen LogP contribution in [0.15, 0.2) is 218 Å². The van der Waals surface area contributed by atoms with E-state index in [0.29, 0.717) is 0 Å². The molecule has 2 aliphatic carbocycles. The first-order chi connectivity index (χ1) is 30.3. The second kappa shape index (κ2) is 12.1. The SMILES string of the molecule is c1ccc2c(c1)-c1ccccc1C21c2ccccc2-c2ccc(-c3c4ccc5ccccc5c4c(-c4ccc5ccc6ccccc6c5c4)c4ccc5ccccc5c34)cc21. The van der Waals surface area contributed by atoms with Crippen LogP contribution in [0.1, 0.15) is 22.3 Å². The topological polar surface area (TPSA) is 0 Å². The van der Waals surface area contributed by atoms with Crippen molar-refractivity contribution >= 4 is 64.6 Å². The van der Waals surface area contributed by atoms with Crippen molar-refractivity contribution in [3.63, 3.8) is 0 Å². The van der Waals surface area contributed by atoms with Gasteiger partial charge in [-0.2, -0.15) is 0 Å². The van der Waals surface area contributed by atoms with Crippen molar-refractivity contribution in [1.29, 1.82) is 0 Å². The van der Waals surface area contributed by atoms with E-state index in [4.69, 9.17) is 0 Å². The summed E-state index contributed by atoms with van der Waals surface area (Å²) in [4.78, 5) is 0. The molecule has 0 fully saturated rings. The summed E-state index contributed by atoms with van der Waals surface area (Å²) in [6.45, 7) is 0. The number of hydrogen-bond acceptors (Lipinski definition) is 0. The molecule has 0 bridgehead atoms. The van der Waals surface area contributed by atoms with Crippen LogP contribution in [0.5, 0.6) is 0 Å². The maximum Gasteiger partial charge on any atom is 0.0725 e. The molecule has 12 aromatic rings. The highest BCUT2D eigenvalue weighted by Gasteiger charge is 2.51. The molecule has 2 aliphatic rings. The molecule has 61 heavy (non-hydrogen) atoms. The Morgan fingerprint density at radius 3 is 1.16 bits per heavy atom. The normalized spacial score (nSPS) is 13.4. The standard InChI is InChI=1S/C61H36/c1-4-16-43-37(13-1)25-26-40-27-28-41(35-52(40)43)57-50-33-29-39-15-3-6-18-45(39)60(50)58(51-34-30-38-14-2-5-17-44(38)59(51)57)42-31-32-49-48-21-9-12-24-55(48)61(56(49)36-42)53-22-10-7-19-46(53)47-20-8-11-23-54(47)61/h1-36H. The summed E-state index contributed by atoms with van der Waals surface area (Å²) >= 11 is 0. The summed E-state index contributed by atoms with van der Waals surface area (Å²) in [5.41, 5.74) is 15.4. The lowest BCUT2D eigenvalue weighted by atomic mass is 9.70. The molecule has 0 saturated carbocycles. The molecule has 0 nitrogen and oxygen atoms in total. The first kappa shape index (κ1) is 33.1. The van der Waals surface area contributed by atoms with Gasteiger partial charge in [0.15, 0.2) is 0 Å². The lowest BCUT2D eigenvalue weighted by molar-refractivity contribution is 0.794. The molecule has 0 saturated heterocycles. The maximum absolute atomic E-state index is 2.57. The molecule has 0 N–H and O–H groups in total. The zero-order valence-corrected chi connectivity index (χ0v) is 33.3. The van der Waals surface area contributed by atoms with Gasteiger partial charge in [-0.15, -0.1) is 0 Å². The summed E-state index contributed by atoms with van der Waals surface area (Å²) in [6, 6.07) is 82.6. The third-order valence-corrected chi connectivity index (χ3v) is 14.2. The second-order valence-electron chi connectivity index (χ2n) is 17.0. The molecule has 0 radical (unpaired) electrons. The van der Waals surface area contributed by atoms with E-state index in [1.165, 1.54) is 131 Å². The van der Waals surface area contributed by atoms with Gasteiger partial charge in [-0.05, 0) is 144 Å². The van der Waals surface area contributed by atoms with Crippen LogP contribution < -0.4 is 0 Å². The maximum atomic E-state index is 2.57. The van der Waals surface area contributed by atoms with E-state index >= 15 is 0 Å². The van der Waals surface area contributed by atoms with E-state index in [9.17, 15) is 0 Å². The van der Waals surface area contributed by atoms with Crippen LogP contribution in [0, 0.1) is 0 Å². The van der Waals surface area contributed by atoms with Crippen LogP contribution in [0.2, 0.25) is 0 Å². The zero-order chi connectivity index (χ0) is 39.8. The van der Waals surface area contributed by atoms with Gasteiger partial charge >= 0.3 is 0 Å². The Morgan fingerprint density at radius 2 is 0.607 bits per heavy atom. The van der Waals surface area contributed by atoms with Crippen molar-refractivity contribution in [2.45, 2.75) is 5.41 Å². The van der Waals surface area contributed by atoms with Crippen LogP contribution in [0.4, 0.5) is 0 Å². The minimum absolute atomic E-state index is 0.427. The van der Waals surface area contributed by atoms with Crippen molar-refractivity contribution in [2.75, 3.05) is 0 Å².